The molecule has 0 aliphatic carbocycles. The van der Waals surface area contributed by atoms with Crippen molar-refractivity contribution in [2.24, 2.45) is 0 Å². The zero-order valence-corrected chi connectivity index (χ0v) is 16.3. The van der Waals surface area contributed by atoms with Gasteiger partial charge < -0.3 is 4.42 Å². The number of halogens is 1. The summed E-state index contributed by atoms with van der Waals surface area (Å²) < 4.78 is 5.59. The third-order valence-electron chi connectivity index (χ3n) is 3.87. The highest BCUT2D eigenvalue weighted by atomic mass is 35.5. The average Bonchev–Trinajstić information content (AvgIpc) is 3.24. The molecule has 1 N–H and O–H groups in total. The second-order valence-corrected chi connectivity index (χ2v) is 8.18. The number of benzene rings is 2. The maximum Gasteiger partial charge on any atom is 0.257 e. The molecule has 0 saturated carbocycles. The number of hydrogen-bond acceptors (Lipinski definition) is 6. The number of amides is 2. The van der Waals surface area contributed by atoms with Gasteiger partial charge >= 0.3 is 0 Å². The van der Waals surface area contributed by atoms with Crippen LogP contribution in [0.4, 0.5) is 0 Å². The number of hydrazine groups is 1. The molecule has 6 nitrogen and oxygen atoms in total. The van der Waals surface area contributed by atoms with Gasteiger partial charge in [0.15, 0.2) is 5.58 Å². The summed E-state index contributed by atoms with van der Waals surface area (Å²) in [5.74, 6) is -0.0299. The number of carbonyl (C=O) groups is 2. The highest BCUT2D eigenvalue weighted by Crippen LogP contribution is 2.37. The molecule has 9 heteroatoms. The van der Waals surface area contributed by atoms with Gasteiger partial charge in [-0.25, -0.2) is 9.99 Å². The lowest BCUT2D eigenvalue weighted by Crippen LogP contribution is -2.45. The first kappa shape index (κ1) is 18.2. The molecule has 2 amide bonds. The van der Waals surface area contributed by atoms with E-state index in [2.05, 4.69) is 10.4 Å². The van der Waals surface area contributed by atoms with Gasteiger partial charge in [-0.15, -0.1) is 11.8 Å². The SMILES string of the molecule is O=C(CSc1nc2ccccc2o1)NN1C(=O)CSC1c1ccc(Cl)cc1. The molecule has 1 aliphatic heterocycles. The molecule has 1 aliphatic rings. The monoisotopic (exact) mass is 419 g/mol. The minimum atomic E-state index is -0.294. The molecule has 27 heavy (non-hydrogen) atoms. The summed E-state index contributed by atoms with van der Waals surface area (Å²) in [5, 5.41) is 2.15. The molecule has 2 aromatic carbocycles. The third-order valence-corrected chi connectivity index (χ3v) is 6.16. The summed E-state index contributed by atoms with van der Waals surface area (Å²) >= 11 is 8.57. The summed E-state index contributed by atoms with van der Waals surface area (Å²) in [6.07, 6.45) is 0. The van der Waals surface area contributed by atoms with Crippen molar-refractivity contribution in [3.05, 3.63) is 59.1 Å². The number of aromatic nitrogens is 1. The van der Waals surface area contributed by atoms with Gasteiger partial charge in [0.05, 0.1) is 11.5 Å². The van der Waals surface area contributed by atoms with E-state index in [0.29, 0.717) is 21.6 Å². The van der Waals surface area contributed by atoms with Gasteiger partial charge in [0.1, 0.15) is 10.9 Å². The summed E-state index contributed by atoms with van der Waals surface area (Å²) in [4.78, 5) is 28.8. The van der Waals surface area contributed by atoms with Crippen LogP contribution in [0.1, 0.15) is 10.9 Å². The summed E-state index contributed by atoms with van der Waals surface area (Å²) in [7, 11) is 0. The Labute approximate surface area is 168 Å². The van der Waals surface area contributed by atoms with Crippen molar-refractivity contribution in [1.82, 2.24) is 15.4 Å². The van der Waals surface area contributed by atoms with E-state index in [-0.39, 0.29) is 22.9 Å². The van der Waals surface area contributed by atoms with Gasteiger partial charge in [-0.2, -0.15) is 0 Å². The minimum absolute atomic E-state index is 0.0919. The Bertz CT molecular complexity index is 960. The van der Waals surface area contributed by atoms with Crippen LogP contribution in [0, 0.1) is 0 Å². The van der Waals surface area contributed by atoms with E-state index in [0.717, 1.165) is 11.1 Å². The van der Waals surface area contributed by atoms with Crippen LogP contribution >= 0.6 is 35.1 Å². The van der Waals surface area contributed by atoms with Gasteiger partial charge in [0, 0.05) is 5.02 Å². The largest absolute Gasteiger partial charge is 0.431 e. The topological polar surface area (TPSA) is 75.4 Å². The van der Waals surface area contributed by atoms with E-state index in [9.17, 15) is 9.59 Å². The lowest BCUT2D eigenvalue weighted by atomic mass is 10.2. The van der Waals surface area contributed by atoms with Gasteiger partial charge in [0.25, 0.3) is 11.1 Å². The summed E-state index contributed by atoms with van der Waals surface area (Å²) in [5.41, 5.74) is 5.02. The van der Waals surface area contributed by atoms with E-state index < -0.39 is 0 Å². The van der Waals surface area contributed by atoms with Crippen LogP contribution in [0.5, 0.6) is 0 Å². The Morgan fingerprint density at radius 1 is 1.30 bits per heavy atom. The Morgan fingerprint density at radius 2 is 2.07 bits per heavy atom. The van der Waals surface area contributed by atoms with Gasteiger partial charge in [0.2, 0.25) is 5.91 Å². The second-order valence-electron chi connectivity index (χ2n) is 5.75. The van der Waals surface area contributed by atoms with Crippen LogP contribution in [0.15, 0.2) is 58.2 Å². The molecule has 2 heterocycles. The first-order valence-electron chi connectivity index (χ1n) is 8.07. The second kappa shape index (κ2) is 7.84. The first-order valence-corrected chi connectivity index (χ1v) is 10.5. The number of nitrogens with zero attached hydrogens (tertiary/aromatic N) is 2. The fourth-order valence-corrected chi connectivity index (χ4v) is 4.49. The number of carbonyl (C=O) groups excluding carboxylic acids is 2. The van der Waals surface area contributed by atoms with E-state index in [1.807, 2.05) is 36.4 Å². The zero-order chi connectivity index (χ0) is 18.8. The maximum atomic E-state index is 12.3. The van der Waals surface area contributed by atoms with Crippen LogP contribution < -0.4 is 5.43 Å². The van der Waals surface area contributed by atoms with Gasteiger partial charge in [-0.05, 0) is 29.8 Å². The molecule has 1 atom stereocenters. The molecule has 0 bridgehead atoms. The van der Waals surface area contributed by atoms with Crippen LogP contribution in [-0.2, 0) is 9.59 Å². The van der Waals surface area contributed by atoms with Crippen molar-refractivity contribution in [2.45, 2.75) is 10.6 Å². The highest BCUT2D eigenvalue weighted by Gasteiger charge is 2.34. The Morgan fingerprint density at radius 3 is 2.85 bits per heavy atom. The van der Waals surface area contributed by atoms with Crippen molar-refractivity contribution in [2.75, 3.05) is 11.5 Å². The van der Waals surface area contributed by atoms with Gasteiger partial charge in [-0.1, -0.05) is 47.6 Å². The predicted octanol–water partition coefficient (Wildman–Crippen LogP) is 3.88. The number of fused-ring (bicyclic) bond motifs is 1. The fraction of sp³-hybridized carbons (Fsp3) is 0.167. The van der Waals surface area contributed by atoms with Crippen molar-refractivity contribution in [3.8, 4) is 0 Å². The minimum Gasteiger partial charge on any atom is -0.431 e. The lowest BCUT2D eigenvalue weighted by molar-refractivity contribution is -0.138. The Kier molecular flexibility index (Phi) is 5.29. The molecule has 1 aromatic heterocycles. The number of hydrogen-bond donors (Lipinski definition) is 1. The maximum absolute atomic E-state index is 12.3. The van der Waals surface area contributed by atoms with Crippen molar-refractivity contribution >= 4 is 58.0 Å². The molecule has 1 saturated heterocycles. The normalized spacial score (nSPS) is 16.9. The molecule has 0 radical (unpaired) electrons. The Hall–Kier alpha value is -2.16. The van der Waals surface area contributed by atoms with E-state index in [1.165, 1.54) is 28.5 Å². The quantitative estimate of drug-likeness (QED) is 0.632. The number of rotatable bonds is 5. The van der Waals surface area contributed by atoms with E-state index in [1.54, 1.807) is 12.1 Å². The Balaban J connectivity index is 1.39. The molecule has 0 spiro atoms. The molecule has 138 valence electrons. The van der Waals surface area contributed by atoms with Crippen molar-refractivity contribution in [3.63, 3.8) is 0 Å². The molecule has 1 unspecified atom stereocenters. The lowest BCUT2D eigenvalue weighted by Gasteiger charge is -2.24. The highest BCUT2D eigenvalue weighted by molar-refractivity contribution is 8.00. The first-order chi connectivity index (χ1) is 13.1. The van der Waals surface area contributed by atoms with E-state index in [4.69, 9.17) is 16.0 Å². The average molecular weight is 420 g/mol. The molecular weight excluding hydrogens is 406 g/mol. The third kappa shape index (κ3) is 4.07. The van der Waals surface area contributed by atoms with Gasteiger partial charge in [-0.3, -0.25) is 15.0 Å². The standard InChI is InChI=1S/C18H14ClN3O3S2/c19-12-7-5-11(6-8-12)17-22(16(24)10-26-17)21-15(23)9-27-18-20-13-3-1-2-4-14(13)25-18/h1-8,17H,9-10H2,(H,21,23). The molecular formula is C18H14ClN3O3S2. The summed E-state index contributed by atoms with van der Waals surface area (Å²) in [6.45, 7) is 0. The smallest absolute Gasteiger partial charge is 0.257 e. The molecule has 1 fully saturated rings. The van der Waals surface area contributed by atoms with Crippen LogP contribution in [-0.4, -0.2) is 33.3 Å². The zero-order valence-electron chi connectivity index (χ0n) is 13.9. The predicted molar refractivity (Wildman–Crippen MR) is 106 cm³/mol. The number of nitrogens with one attached hydrogen (secondary N) is 1. The van der Waals surface area contributed by atoms with E-state index >= 15 is 0 Å². The molecule has 3 aromatic rings. The number of para-hydroxylation sites is 2. The van der Waals surface area contributed by atoms with Crippen LogP contribution in [0.25, 0.3) is 11.1 Å². The van der Waals surface area contributed by atoms with Crippen LogP contribution in [0.2, 0.25) is 5.02 Å². The molecule has 4 rings (SSSR count). The van der Waals surface area contributed by atoms with Crippen LogP contribution in [0.3, 0.4) is 0 Å². The fourth-order valence-electron chi connectivity index (χ4n) is 2.63. The van der Waals surface area contributed by atoms with Crippen molar-refractivity contribution in [1.29, 1.82) is 0 Å². The number of oxazole rings is 1. The van der Waals surface area contributed by atoms with Crippen molar-refractivity contribution < 1.29 is 14.0 Å². The number of thioether (sulfide) groups is 2. The summed E-state index contributed by atoms with van der Waals surface area (Å²) in [6, 6.07) is 14.6.